The molecule has 140 valence electrons. The Hall–Kier alpha value is -1.72. The highest BCUT2D eigenvalue weighted by Gasteiger charge is 2.64. The second-order valence-electron chi connectivity index (χ2n) is 7.71. The van der Waals surface area contributed by atoms with Gasteiger partial charge in [0.15, 0.2) is 17.6 Å². The first-order valence-corrected chi connectivity index (χ1v) is 9.02. The number of nitrogens with zero attached hydrogens (tertiary/aromatic N) is 1. The molecule has 1 fully saturated rings. The number of allylic oxidation sites excluding steroid dienone is 1. The van der Waals surface area contributed by atoms with Crippen molar-refractivity contribution in [3.05, 3.63) is 35.1 Å². The van der Waals surface area contributed by atoms with Crippen molar-refractivity contribution in [2.75, 3.05) is 20.7 Å². The van der Waals surface area contributed by atoms with E-state index in [1.807, 2.05) is 6.07 Å². The van der Waals surface area contributed by atoms with Gasteiger partial charge >= 0.3 is 5.97 Å². The fourth-order valence-corrected chi connectivity index (χ4v) is 5.73. The minimum atomic E-state index is -0.284. The van der Waals surface area contributed by atoms with Gasteiger partial charge in [0.05, 0.1) is 7.11 Å². The zero-order chi connectivity index (χ0) is 17.3. The number of carbonyl (C=O) groups is 1. The van der Waals surface area contributed by atoms with E-state index in [1.54, 1.807) is 7.11 Å². The lowest BCUT2D eigenvalue weighted by atomic mass is 9.53. The number of likely N-dealkylation sites (N-methyl/N-ethyl adjacent to an activating group) is 1. The monoisotopic (exact) mass is 377 g/mol. The van der Waals surface area contributed by atoms with Crippen LogP contribution in [0.25, 0.3) is 0 Å². The van der Waals surface area contributed by atoms with Gasteiger partial charge in [-0.15, -0.1) is 12.4 Å². The van der Waals surface area contributed by atoms with Crippen molar-refractivity contribution in [1.29, 1.82) is 0 Å². The molecular weight excluding hydrogens is 354 g/mol. The number of rotatable bonds is 2. The van der Waals surface area contributed by atoms with E-state index in [0.717, 1.165) is 37.3 Å². The Morgan fingerprint density at radius 1 is 1.38 bits per heavy atom. The molecule has 0 amide bonds. The van der Waals surface area contributed by atoms with Gasteiger partial charge in [-0.3, -0.25) is 4.79 Å². The van der Waals surface area contributed by atoms with Crippen molar-refractivity contribution < 1.29 is 19.0 Å². The summed E-state index contributed by atoms with van der Waals surface area (Å²) in [6.45, 7) is 2.49. The van der Waals surface area contributed by atoms with Crippen LogP contribution >= 0.6 is 12.4 Å². The van der Waals surface area contributed by atoms with Crippen LogP contribution < -0.4 is 9.47 Å². The summed E-state index contributed by atoms with van der Waals surface area (Å²) in [4.78, 5) is 14.1. The molecule has 1 aromatic carbocycles. The van der Waals surface area contributed by atoms with Crippen molar-refractivity contribution in [2.45, 2.75) is 43.7 Å². The second kappa shape index (κ2) is 5.89. The molecule has 0 aromatic heterocycles. The Kier molecular flexibility index (Phi) is 4.01. The SMILES string of the molecule is COc1ccc2c3c1O[C@H]1C(OC(C)=O)=CC[C@H]4[C@@H](C2)N(C)CC[C@]314.Cl. The first-order chi connectivity index (χ1) is 12.1. The van der Waals surface area contributed by atoms with Gasteiger partial charge in [0.1, 0.15) is 5.76 Å². The van der Waals surface area contributed by atoms with Crippen molar-refractivity contribution in [1.82, 2.24) is 4.90 Å². The molecular formula is C20H24ClNO4. The normalized spacial score (nSPS) is 33.3. The highest BCUT2D eigenvalue weighted by atomic mass is 35.5. The van der Waals surface area contributed by atoms with E-state index in [9.17, 15) is 4.79 Å². The zero-order valence-electron chi connectivity index (χ0n) is 15.3. The van der Waals surface area contributed by atoms with Crippen LogP contribution in [0.2, 0.25) is 0 Å². The number of benzene rings is 1. The number of likely N-dealkylation sites (tertiary alicyclic amines) is 1. The van der Waals surface area contributed by atoms with Crippen LogP contribution in [-0.4, -0.2) is 43.7 Å². The van der Waals surface area contributed by atoms with Crippen LogP contribution in [0.5, 0.6) is 11.5 Å². The summed E-state index contributed by atoms with van der Waals surface area (Å²) in [7, 11) is 3.91. The molecule has 0 N–H and O–H groups in total. The third-order valence-corrected chi connectivity index (χ3v) is 6.69. The van der Waals surface area contributed by atoms with Gasteiger partial charge < -0.3 is 19.1 Å². The van der Waals surface area contributed by atoms with Crippen molar-refractivity contribution >= 4 is 18.4 Å². The Balaban J connectivity index is 0.00000168. The summed E-state index contributed by atoms with van der Waals surface area (Å²) < 4.78 is 17.6. The van der Waals surface area contributed by atoms with Gasteiger partial charge in [-0.25, -0.2) is 0 Å². The Bertz CT molecular complexity index is 807. The number of methoxy groups -OCH3 is 1. The average molecular weight is 378 g/mol. The van der Waals surface area contributed by atoms with Crippen LogP contribution in [-0.2, 0) is 21.4 Å². The molecule has 5 rings (SSSR count). The zero-order valence-corrected chi connectivity index (χ0v) is 16.1. The van der Waals surface area contributed by atoms with Crippen LogP contribution in [0.4, 0.5) is 0 Å². The summed E-state index contributed by atoms with van der Waals surface area (Å²) in [6, 6.07) is 4.70. The predicted molar refractivity (Wildman–Crippen MR) is 99.0 cm³/mol. The number of carbonyl (C=O) groups excluding carboxylic acids is 1. The number of esters is 1. The number of piperidine rings is 1. The van der Waals surface area contributed by atoms with Crippen molar-refractivity contribution in [3.63, 3.8) is 0 Å². The van der Waals surface area contributed by atoms with E-state index in [4.69, 9.17) is 14.2 Å². The molecule has 4 aliphatic rings. The van der Waals surface area contributed by atoms with Crippen molar-refractivity contribution in [2.24, 2.45) is 5.92 Å². The van der Waals surface area contributed by atoms with E-state index in [2.05, 4.69) is 24.1 Å². The summed E-state index contributed by atoms with van der Waals surface area (Å²) in [5, 5.41) is 0. The molecule has 1 spiro atoms. The van der Waals surface area contributed by atoms with E-state index in [0.29, 0.717) is 17.7 Å². The Morgan fingerprint density at radius 3 is 2.92 bits per heavy atom. The minimum absolute atomic E-state index is 0. The third kappa shape index (κ3) is 2.04. The molecule has 5 nitrogen and oxygen atoms in total. The Morgan fingerprint density at radius 2 is 2.19 bits per heavy atom. The molecule has 1 aromatic rings. The summed E-state index contributed by atoms with van der Waals surface area (Å²) in [5.41, 5.74) is 2.56. The second-order valence-corrected chi connectivity index (χ2v) is 7.71. The lowest BCUT2D eigenvalue weighted by Crippen LogP contribution is -2.63. The molecule has 0 unspecified atom stereocenters. The maximum absolute atomic E-state index is 11.6. The van der Waals surface area contributed by atoms with Gasteiger partial charge in [-0.2, -0.15) is 0 Å². The van der Waals surface area contributed by atoms with E-state index >= 15 is 0 Å². The van der Waals surface area contributed by atoms with Crippen LogP contribution in [0.3, 0.4) is 0 Å². The van der Waals surface area contributed by atoms with Crippen LogP contribution in [0, 0.1) is 5.92 Å². The maximum Gasteiger partial charge on any atom is 0.307 e. The molecule has 0 radical (unpaired) electrons. The highest BCUT2D eigenvalue weighted by molar-refractivity contribution is 5.85. The predicted octanol–water partition coefficient (Wildman–Crippen LogP) is 2.84. The number of hydrogen-bond acceptors (Lipinski definition) is 5. The standard InChI is InChI=1S/C20H23NO4.ClH/c1-11(22)24-16-7-5-13-14-10-12-4-6-15(23-3)18-17(12)20(13,19(16)25-18)8-9-21(14)2;/h4,6-7,13-14,19H,5,8-10H2,1-3H3;1H/t13-,14+,19-,20-;/m0./s1. The third-order valence-electron chi connectivity index (χ3n) is 6.69. The topological polar surface area (TPSA) is 48.0 Å². The highest BCUT2D eigenvalue weighted by Crippen LogP contribution is 2.63. The van der Waals surface area contributed by atoms with Crippen LogP contribution in [0.1, 0.15) is 30.9 Å². The van der Waals surface area contributed by atoms with E-state index < -0.39 is 0 Å². The maximum atomic E-state index is 11.6. The molecule has 2 aliphatic carbocycles. The molecule has 2 heterocycles. The van der Waals surface area contributed by atoms with Gasteiger partial charge in [0, 0.05) is 23.9 Å². The van der Waals surface area contributed by atoms with Crippen molar-refractivity contribution in [3.8, 4) is 11.5 Å². The van der Waals surface area contributed by atoms with Gasteiger partial charge in [0.2, 0.25) is 0 Å². The van der Waals surface area contributed by atoms with E-state index in [1.165, 1.54) is 18.1 Å². The minimum Gasteiger partial charge on any atom is -0.493 e. The molecule has 1 saturated heterocycles. The lowest BCUT2D eigenvalue weighted by Gasteiger charge is -2.56. The number of halogens is 1. The average Bonchev–Trinajstić information content (AvgIpc) is 2.94. The summed E-state index contributed by atoms with van der Waals surface area (Å²) >= 11 is 0. The fraction of sp³-hybridized carbons (Fsp3) is 0.550. The summed E-state index contributed by atoms with van der Waals surface area (Å²) in [6.07, 6.45) is 4.83. The molecule has 4 atom stereocenters. The smallest absolute Gasteiger partial charge is 0.307 e. The molecule has 2 bridgehead atoms. The molecule has 0 saturated carbocycles. The molecule has 26 heavy (non-hydrogen) atoms. The molecule has 2 aliphatic heterocycles. The van der Waals surface area contributed by atoms with Gasteiger partial charge in [-0.1, -0.05) is 6.07 Å². The largest absolute Gasteiger partial charge is 0.493 e. The lowest BCUT2D eigenvalue weighted by molar-refractivity contribution is -0.140. The Labute approximate surface area is 159 Å². The van der Waals surface area contributed by atoms with Gasteiger partial charge in [0.25, 0.3) is 0 Å². The number of ether oxygens (including phenoxy) is 3. The first-order valence-electron chi connectivity index (χ1n) is 9.02. The van der Waals surface area contributed by atoms with E-state index in [-0.39, 0.29) is 29.9 Å². The van der Waals surface area contributed by atoms with Crippen LogP contribution in [0.15, 0.2) is 24.0 Å². The molecule has 6 heteroatoms. The quantitative estimate of drug-likeness (QED) is 0.742. The summed E-state index contributed by atoms with van der Waals surface area (Å²) in [5.74, 6) is 2.52. The fourth-order valence-electron chi connectivity index (χ4n) is 5.73. The number of hydrogen-bond donors (Lipinski definition) is 0. The first kappa shape index (κ1) is 17.7. The van der Waals surface area contributed by atoms with Gasteiger partial charge in [-0.05, 0) is 56.5 Å².